The Bertz CT molecular complexity index is 497. The Morgan fingerprint density at radius 2 is 2.25 bits per heavy atom. The molecule has 2 rings (SSSR count). The maximum Gasteiger partial charge on any atom is 0.245 e. The molecule has 110 valence electrons. The van der Waals surface area contributed by atoms with Gasteiger partial charge in [0, 0.05) is 32.4 Å². The first-order valence-corrected chi connectivity index (χ1v) is 7.07. The quantitative estimate of drug-likeness (QED) is 0.881. The molecule has 0 bridgehead atoms. The van der Waals surface area contributed by atoms with Gasteiger partial charge in [-0.1, -0.05) is 20.3 Å². The standard InChI is InChI=1S/C14H22N4O2/c1-4-10(2)13-14(20)18(7-5-12(19)16-13)9-11-15-6-8-17(11)3/h6,8,10,13H,4-5,7,9H2,1-3H3,(H,16,19). The largest absolute Gasteiger partial charge is 0.344 e. The van der Waals surface area contributed by atoms with Gasteiger partial charge in [-0.3, -0.25) is 9.59 Å². The van der Waals surface area contributed by atoms with E-state index in [0.717, 1.165) is 12.2 Å². The second-order valence-corrected chi connectivity index (χ2v) is 5.39. The molecule has 0 aromatic carbocycles. The van der Waals surface area contributed by atoms with Crippen molar-refractivity contribution in [3.63, 3.8) is 0 Å². The molecule has 20 heavy (non-hydrogen) atoms. The van der Waals surface area contributed by atoms with E-state index in [1.807, 2.05) is 31.7 Å². The topological polar surface area (TPSA) is 67.2 Å². The normalized spacial score (nSPS) is 21.6. The van der Waals surface area contributed by atoms with Crippen LogP contribution < -0.4 is 5.32 Å². The average molecular weight is 278 g/mol. The first-order valence-electron chi connectivity index (χ1n) is 7.07. The van der Waals surface area contributed by atoms with Gasteiger partial charge in [-0.05, 0) is 5.92 Å². The molecule has 1 N–H and O–H groups in total. The molecule has 2 amide bonds. The Balaban J connectivity index is 2.17. The van der Waals surface area contributed by atoms with Gasteiger partial charge in [0.05, 0.1) is 6.54 Å². The zero-order chi connectivity index (χ0) is 14.7. The molecule has 6 heteroatoms. The number of hydrogen-bond acceptors (Lipinski definition) is 3. The molecule has 2 unspecified atom stereocenters. The van der Waals surface area contributed by atoms with E-state index in [1.165, 1.54) is 0 Å². The Morgan fingerprint density at radius 3 is 2.85 bits per heavy atom. The van der Waals surface area contributed by atoms with E-state index in [1.54, 1.807) is 11.1 Å². The van der Waals surface area contributed by atoms with Crippen LogP contribution in [-0.2, 0) is 23.2 Å². The van der Waals surface area contributed by atoms with Gasteiger partial charge >= 0.3 is 0 Å². The third-order valence-electron chi connectivity index (χ3n) is 3.97. The number of carbonyl (C=O) groups is 2. The minimum atomic E-state index is -0.421. The molecule has 2 heterocycles. The highest BCUT2D eigenvalue weighted by molar-refractivity contribution is 5.90. The van der Waals surface area contributed by atoms with Crippen LogP contribution in [0.1, 0.15) is 32.5 Å². The van der Waals surface area contributed by atoms with E-state index in [2.05, 4.69) is 10.3 Å². The molecule has 0 spiro atoms. The Kier molecular flexibility index (Phi) is 4.42. The summed E-state index contributed by atoms with van der Waals surface area (Å²) in [4.78, 5) is 30.3. The van der Waals surface area contributed by atoms with Gasteiger partial charge < -0.3 is 14.8 Å². The predicted molar refractivity (Wildman–Crippen MR) is 74.6 cm³/mol. The van der Waals surface area contributed by atoms with Crippen molar-refractivity contribution in [3.05, 3.63) is 18.2 Å². The van der Waals surface area contributed by atoms with Gasteiger partial charge in [0.2, 0.25) is 11.8 Å². The number of amides is 2. The van der Waals surface area contributed by atoms with E-state index in [0.29, 0.717) is 19.5 Å². The number of aromatic nitrogens is 2. The highest BCUT2D eigenvalue weighted by Crippen LogP contribution is 2.16. The predicted octanol–water partition coefficient (Wildman–Crippen LogP) is 0.683. The fourth-order valence-electron chi connectivity index (χ4n) is 2.35. The Labute approximate surface area is 119 Å². The lowest BCUT2D eigenvalue weighted by Crippen LogP contribution is -2.48. The Morgan fingerprint density at radius 1 is 1.50 bits per heavy atom. The molecular formula is C14H22N4O2. The number of carbonyl (C=O) groups excluding carboxylic acids is 2. The van der Waals surface area contributed by atoms with Crippen molar-refractivity contribution in [1.82, 2.24) is 19.8 Å². The smallest absolute Gasteiger partial charge is 0.245 e. The van der Waals surface area contributed by atoms with Gasteiger partial charge in [-0.25, -0.2) is 4.98 Å². The molecule has 1 aromatic heterocycles. The molecular weight excluding hydrogens is 256 g/mol. The molecule has 0 radical (unpaired) electrons. The summed E-state index contributed by atoms with van der Waals surface area (Å²) in [6.07, 6.45) is 4.77. The van der Waals surface area contributed by atoms with Crippen molar-refractivity contribution in [1.29, 1.82) is 0 Å². The van der Waals surface area contributed by atoms with E-state index < -0.39 is 6.04 Å². The SMILES string of the molecule is CCC(C)C1NC(=O)CCN(Cc2nccn2C)C1=O. The van der Waals surface area contributed by atoms with Crippen molar-refractivity contribution in [2.45, 2.75) is 39.3 Å². The summed E-state index contributed by atoms with van der Waals surface area (Å²) in [5.74, 6) is 0.906. The first-order chi connectivity index (χ1) is 9.52. The fraction of sp³-hybridized carbons (Fsp3) is 0.643. The van der Waals surface area contributed by atoms with Crippen molar-refractivity contribution in [2.24, 2.45) is 13.0 Å². The third kappa shape index (κ3) is 3.00. The number of nitrogens with zero attached hydrogens (tertiary/aromatic N) is 3. The summed E-state index contributed by atoms with van der Waals surface area (Å²) in [5.41, 5.74) is 0. The zero-order valence-corrected chi connectivity index (χ0v) is 12.3. The first kappa shape index (κ1) is 14.6. The van der Waals surface area contributed by atoms with Crippen molar-refractivity contribution in [2.75, 3.05) is 6.54 Å². The maximum atomic E-state index is 12.6. The van der Waals surface area contributed by atoms with Crippen LogP contribution >= 0.6 is 0 Å². The highest BCUT2D eigenvalue weighted by atomic mass is 16.2. The summed E-state index contributed by atoms with van der Waals surface area (Å²) in [7, 11) is 1.90. The lowest BCUT2D eigenvalue weighted by atomic mass is 9.98. The fourth-order valence-corrected chi connectivity index (χ4v) is 2.35. The Hall–Kier alpha value is -1.85. The molecule has 1 saturated heterocycles. The van der Waals surface area contributed by atoms with Crippen LogP contribution in [0.3, 0.4) is 0 Å². The second kappa shape index (κ2) is 6.07. The molecule has 1 aromatic rings. The zero-order valence-electron chi connectivity index (χ0n) is 12.3. The van der Waals surface area contributed by atoms with Crippen molar-refractivity contribution in [3.8, 4) is 0 Å². The number of hydrogen-bond donors (Lipinski definition) is 1. The minimum Gasteiger partial charge on any atom is -0.344 e. The molecule has 2 atom stereocenters. The van der Waals surface area contributed by atoms with E-state index in [-0.39, 0.29) is 17.7 Å². The summed E-state index contributed by atoms with van der Waals surface area (Å²) >= 11 is 0. The minimum absolute atomic E-state index is 0.00630. The van der Waals surface area contributed by atoms with Crippen LogP contribution in [0.25, 0.3) is 0 Å². The maximum absolute atomic E-state index is 12.6. The van der Waals surface area contributed by atoms with Crippen LogP contribution in [0.4, 0.5) is 0 Å². The third-order valence-corrected chi connectivity index (χ3v) is 3.97. The highest BCUT2D eigenvalue weighted by Gasteiger charge is 2.33. The van der Waals surface area contributed by atoms with Gasteiger partial charge in [-0.2, -0.15) is 0 Å². The van der Waals surface area contributed by atoms with Crippen LogP contribution in [0.2, 0.25) is 0 Å². The molecule has 1 aliphatic rings. The number of imidazole rings is 1. The van der Waals surface area contributed by atoms with Crippen LogP contribution in [0.15, 0.2) is 12.4 Å². The van der Waals surface area contributed by atoms with Gasteiger partial charge in [0.25, 0.3) is 0 Å². The van der Waals surface area contributed by atoms with Gasteiger partial charge in [0.1, 0.15) is 11.9 Å². The van der Waals surface area contributed by atoms with E-state index >= 15 is 0 Å². The second-order valence-electron chi connectivity index (χ2n) is 5.39. The van der Waals surface area contributed by atoms with Crippen LogP contribution in [0.5, 0.6) is 0 Å². The lowest BCUT2D eigenvalue weighted by Gasteiger charge is -2.26. The van der Waals surface area contributed by atoms with Gasteiger partial charge in [-0.15, -0.1) is 0 Å². The van der Waals surface area contributed by atoms with Crippen molar-refractivity contribution >= 4 is 11.8 Å². The molecule has 1 fully saturated rings. The average Bonchev–Trinajstić information content (AvgIpc) is 2.78. The molecule has 1 aliphatic heterocycles. The van der Waals surface area contributed by atoms with Gasteiger partial charge in [0.15, 0.2) is 0 Å². The van der Waals surface area contributed by atoms with Crippen LogP contribution in [0, 0.1) is 5.92 Å². The van der Waals surface area contributed by atoms with E-state index in [4.69, 9.17) is 0 Å². The monoisotopic (exact) mass is 278 g/mol. The summed E-state index contributed by atoms with van der Waals surface area (Å²) in [6.45, 7) is 4.92. The number of rotatable bonds is 4. The molecule has 6 nitrogen and oxygen atoms in total. The summed E-state index contributed by atoms with van der Waals surface area (Å²) in [6, 6.07) is -0.421. The lowest BCUT2D eigenvalue weighted by molar-refractivity contribution is -0.135. The summed E-state index contributed by atoms with van der Waals surface area (Å²) < 4.78 is 1.89. The van der Waals surface area contributed by atoms with Crippen LogP contribution in [-0.4, -0.2) is 38.9 Å². The number of aryl methyl sites for hydroxylation is 1. The molecule has 0 aliphatic carbocycles. The summed E-state index contributed by atoms with van der Waals surface area (Å²) in [5, 5.41) is 2.85. The van der Waals surface area contributed by atoms with E-state index in [9.17, 15) is 9.59 Å². The van der Waals surface area contributed by atoms with Crippen molar-refractivity contribution < 1.29 is 9.59 Å². The molecule has 0 saturated carbocycles. The number of nitrogens with one attached hydrogen (secondary N) is 1.